The number of hydrogen-bond donors (Lipinski definition) is 3. The molecule has 3 N–H and O–H groups in total. The fourth-order valence-electron chi connectivity index (χ4n) is 1.15. The van der Waals surface area contributed by atoms with E-state index < -0.39 is 36.7 Å². The van der Waals surface area contributed by atoms with E-state index in [1.165, 1.54) is 6.92 Å². The van der Waals surface area contributed by atoms with Gasteiger partial charge in [0.1, 0.15) is 6.10 Å². The zero-order valence-corrected chi connectivity index (χ0v) is 7.06. The van der Waals surface area contributed by atoms with Crippen LogP contribution in [0.2, 0.25) is 0 Å². The van der Waals surface area contributed by atoms with Crippen molar-refractivity contribution in [3.05, 3.63) is 0 Å². The third-order valence-electron chi connectivity index (χ3n) is 1.78. The smallest absolute Gasteiger partial charge is 0.331 e. The lowest BCUT2D eigenvalue weighted by molar-refractivity contribution is -0.145. The van der Waals surface area contributed by atoms with Crippen molar-refractivity contribution in [2.24, 2.45) is 0 Å². The molecular weight excluding hydrogens is 178 g/mol. The molecule has 0 aromatic rings. The number of rotatable bonds is 2. The van der Waals surface area contributed by atoms with Gasteiger partial charge in [-0.25, -0.2) is 4.79 Å². The number of hydrogen-bond acceptors (Lipinski definition) is 5. The van der Waals surface area contributed by atoms with Gasteiger partial charge in [-0.15, -0.1) is 0 Å². The van der Waals surface area contributed by atoms with E-state index in [0.29, 0.717) is 0 Å². The SMILES string of the molecule is CC(=O)N[C@@H]1C(=O)O[C@@H](CO)[C@H]1O. The maximum absolute atomic E-state index is 11.0. The number of amides is 1. The van der Waals surface area contributed by atoms with Crippen LogP contribution in [0.3, 0.4) is 0 Å². The Labute approximate surface area is 74.5 Å². The maximum atomic E-state index is 11.0. The van der Waals surface area contributed by atoms with Crippen molar-refractivity contribution in [2.45, 2.75) is 25.2 Å². The van der Waals surface area contributed by atoms with E-state index in [1.807, 2.05) is 0 Å². The van der Waals surface area contributed by atoms with Crippen LogP contribution in [0, 0.1) is 0 Å². The lowest BCUT2D eigenvalue weighted by Gasteiger charge is -2.13. The number of aliphatic hydroxyl groups is 2. The molecule has 6 nitrogen and oxygen atoms in total. The third kappa shape index (κ3) is 1.96. The van der Waals surface area contributed by atoms with Gasteiger partial charge in [0.25, 0.3) is 0 Å². The van der Waals surface area contributed by atoms with E-state index in [4.69, 9.17) is 5.11 Å². The van der Waals surface area contributed by atoms with Crippen molar-refractivity contribution in [3.8, 4) is 0 Å². The fraction of sp³-hybridized carbons (Fsp3) is 0.714. The van der Waals surface area contributed by atoms with Crippen LogP contribution < -0.4 is 5.32 Å². The Hall–Kier alpha value is -1.14. The summed E-state index contributed by atoms with van der Waals surface area (Å²) in [6.07, 6.45) is -2.12. The fourth-order valence-corrected chi connectivity index (χ4v) is 1.15. The highest BCUT2D eigenvalue weighted by Gasteiger charge is 2.43. The summed E-state index contributed by atoms with van der Waals surface area (Å²) in [5, 5.41) is 20.2. The molecule has 3 atom stereocenters. The first-order valence-corrected chi connectivity index (χ1v) is 3.82. The minimum atomic E-state index is -1.18. The second-order valence-electron chi connectivity index (χ2n) is 2.83. The van der Waals surface area contributed by atoms with E-state index in [0.717, 1.165) is 0 Å². The Morgan fingerprint density at radius 3 is 2.69 bits per heavy atom. The van der Waals surface area contributed by atoms with Crippen LogP contribution >= 0.6 is 0 Å². The van der Waals surface area contributed by atoms with Crippen LogP contribution in [0.25, 0.3) is 0 Å². The first kappa shape index (κ1) is 9.94. The van der Waals surface area contributed by atoms with Crippen molar-refractivity contribution >= 4 is 11.9 Å². The van der Waals surface area contributed by atoms with Gasteiger partial charge >= 0.3 is 5.97 Å². The number of nitrogens with one attached hydrogen (secondary N) is 1. The summed E-state index contributed by atoms with van der Waals surface area (Å²) in [6.45, 7) is 0.773. The average molecular weight is 189 g/mol. The second-order valence-corrected chi connectivity index (χ2v) is 2.83. The van der Waals surface area contributed by atoms with Gasteiger partial charge in [0.2, 0.25) is 5.91 Å². The number of aliphatic hydroxyl groups excluding tert-OH is 2. The third-order valence-corrected chi connectivity index (χ3v) is 1.78. The van der Waals surface area contributed by atoms with Gasteiger partial charge in [-0.1, -0.05) is 0 Å². The van der Waals surface area contributed by atoms with Gasteiger partial charge in [-0.2, -0.15) is 0 Å². The molecule has 1 heterocycles. The van der Waals surface area contributed by atoms with Crippen LogP contribution in [-0.2, 0) is 14.3 Å². The standard InChI is InChI=1S/C7H11NO5/c1-3(10)8-5-6(11)4(2-9)13-7(5)12/h4-6,9,11H,2H2,1H3,(H,8,10)/t4-,5-,6+/m0/s1. The minimum absolute atomic E-state index is 0.431. The topological polar surface area (TPSA) is 95.9 Å². The Kier molecular flexibility index (Phi) is 2.84. The summed E-state index contributed by atoms with van der Waals surface area (Å²) in [4.78, 5) is 21.6. The molecule has 0 aromatic heterocycles. The predicted octanol–water partition coefficient (Wildman–Crippen LogP) is -2.23. The highest BCUT2D eigenvalue weighted by Crippen LogP contribution is 2.15. The second kappa shape index (κ2) is 3.71. The molecule has 1 rings (SSSR count). The normalized spacial score (nSPS) is 32.8. The first-order valence-electron chi connectivity index (χ1n) is 3.82. The highest BCUT2D eigenvalue weighted by molar-refractivity contribution is 5.85. The van der Waals surface area contributed by atoms with E-state index in [9.17, 15) is 14.7 Å². The molecule has 0 aliphatic carbocycles. The van der Waals surface area contributed by atoms with E-state index >= 15 is 0 Å². The molecule has 1 amide bonds. The Morgan fingerprint density at radius 2 is 2.31 bits per heavy atom. The summed E-state index contributed by atoms with van der Waals surface area (Å²) in [5.41, 5.74) is 0. The van der Waals surface area contributed by atoms with Crippen LogP contribution in [0.5, 0.6) is 0 Å². The Balaban J connectivity index is 2.64. The van der Waals surface area contributed by atoms with Gasteiger partial charge in [0.15, 0.2) is 12.1 Å². The summed E-state index contributed by atoms with van der Waals surface area (Å²) >= 11 is 0. The molecule has 0 aromatic carbocycles. The van der Waals surface area contributed by atoms with Crippen molar-refractivity contribution in [1.29, 1.82) is 0 Å². The number of carbonyl (C=O) groups is 2. The van der Waals surface area contributed by atoms with Crippen LogP contribution in [0.15, 0.2) is 0 Å². The molecule has 13 heavy (non-hydrogen) atoms. The largest absolute Gasteiger partial charge is 0.455 e. The molecule has 1 aliphatic rings. The van der Waals surface area contributed by atoms with E-state index in [-0.39, 0.29) is 0 Å². The minimum Gasteiger partial charge on any atom is -0.455 e. The Morgan fingerprint density at radius 1 is 1.69 bits per heavy atom. The number of carbonyl (C=O) groups excluding carboxylic acids is 2. The van der Waals surface area contributed by atoms with Crippen molar-refractivity contribution < 1.29 is 24.5 Å². The zero-order chi connectivity index (χ0) is 10.0. The zero-order valence-electron chi connectivity index (χ0n) is 7.06. The molecular formula is C7H11NO5. The lowest BCUT2D eigenvalue weighted by atomic mass is 10.1. The van der Waals surface area contributed by atoms with Gasteiger partial charge < -0.3 is 20.3 Å². The van der Waals surface area contributed by atoms with Gasteiger partial charge in [0.05, 0.1) is 6.61 Å². The number of cyclic esters (lactones) is 1. The molecule has 0 radical (unpaired) electrons. The molecule has 0 saturated carbocycles. The predicted molar refractivity (Wildman–Crippen MR) is 40.6 cm³/mol. The van der Waals surface area contributed by atoms with Crippen LogP contribution in [0.1, 0.15) is 6.92 Å². The molecule has 0 unspecified atom stereocenters. The number of esters is 1. The van der Waals surface area contributed by atoms with E-state index in [2.05, 4.69) is 10.1 Å². The molecule has 0 spiro atoms. The maximum Gasteiger partial charge on any atom is 0.331 e. The quantitative estimate of drug-likeness (QED) is 0.427. The van der Waals surface area contributed by atoms with Gasteiger partial charge in [0, 0.05) is 6.92 Å². The van der Waals surface area contributed by atoms with Crippen molar-refractivity contribution in [2.75, 3.05) is 6.61 Å². The number of ether oxygens (including phenoxy) is 1. The van der Waals surface area contributed by atoms with Crippen LogP contribution in [-0.4, -0.2) is 46.9 Å². The van der Waals surface area contributed by atoms with E-state index in [1.54, 1.807) is 0 Å². The molecule has 1 fully saturated rings. The molecule has 1 saturated heterocycles. The Bertz CT molecular complexity index is 229. The summed E-state index contributed by atoms with van der Waals surface area (Å²) in [5.74, 6) is -1.15. The van der Waals surface area contributed by atoms with Crippen LogP contribution in [0.4, 0.5) is 0 Å². The average Bonchev–Trinajstić information content (AvgIpc) is 2.31. The van der Waals surface area contributed by atoms with Crippen molar-refractivity contribution in [1.82, 2.24) is 5.32 Å². The molecule has 0 bridgehead atoms. The molecule has 74 valence electrons. The lowest BCUT2D eigenvalue weighted by Crippen LogP contribution is -2.45. The summed E-state index contributed by atoms with van der Waals surface area (Å²) in [7, 11) is 0. The summed E-state index contributed by atoms with van der Waals surface area (Å²) < 4.78 is 4.58. The highest BCUT2D eigenvalue weighted by atomic mass is 16.6. The monoisotopic (exact) mass is 189 g/mol. The first-order chi connectivity index (χ1) is 6.06. The molecule has 1 aliphatic heterocycles. The van der Waals surface area contributed by atoms with Crippen molar-refractivity contribution in [3.63, 3.8) is 0 Å². The van der Waals surface area contributed by atoms with Gasteiger partial charge in [-0.3, -0.25) is 4.79 Å². The molecule has 6 heteroatoms. The summed E-state index contributed by atoms with van der Waals surface area (Å²) in [6, 6.07) is -1.06. The van der Waals surface area contributed by atoms with Gasteiger partial charge in [-0.05, 0) is 0 Å².